The minimum Gasteiger partial charge on any atom is -0.496 e. The van der Waals surface area contributed by atoms with E-state index in [1.165, 1.54) is 0 Å². The van der Waals surface area contributed by atoms with E-state index in [1.807, 2.05) is 19.1 Å². The maximum absolute atomic E-state index is 6.51. The number of ether oxygens (including phenoxy) is 3. The summed E-state index contributed by atoms with van der Waals surface area (Å²) in [7, 11) is 3.35. The second-order valence-corrected chi connectivity index (χ2v) is 4.79. The fourth-order valence-corrected chi connectivity index (χ4v) is 2.44. The predicted octanol–water partition coefficient (Wildman–Crippen LogP) is 1.98. The summed E-state index contributed by atoms with van der Waals surface area (Å²) in [5.74, 6) is 1.68. The summed E-state index contributed by atoms with van der Waals surface area (Å²) in [6, 6.07) is 3.98. The van der Waals surface area contributed by atoms with Crippen LogP contribution in [0, 0.1) is 6.92 Å². The molecule has 1 aliphatic heterocycles. The molecule has 1 fully saturated rings. The van der Waals surface area contributed by atoms with Gasteiger partial charge in [0.2, 0.25) is 0 Å². The van der Waals surface area contributed by atoms with Crippen LogP contribution in [0.2, 0.25) is 0 Å². The standard InChI is InChI=1S/C14H21NO3/c1-10-8-13(17-3)11(9-12(10)16-2)14(15)4-6-18-7-5-14/h8-9H,4-7,15H2,1-3H3. The van der Waals surface area contributed by atoms with Gasteiger partial charge >= 0.3 is 0 Å². The first kappa shape index (κ1) is 13.2. The second kappa shape index (κ2) is 5.16. The van der Waals surface area contributed by atoms with E-state index < -0.39 is 0 Å². The van der Waals surface area contributed by atoms with Crippen LogP contribution in [0.15, 0.2) is 12.1 Å². The lowest BCUT2D eigenvalue weighted by atomic mass is 9.82. The third-order valence-corrected chi connectivity index (χ3v) is 3.64. The van der Waals surface area contributed by atoms with Crippen molar-refractivity contribution in [2.24, 2.45) is 5.73 Å². The minimum atomic E-state index is -0.384. The molecule has 0 unspecified atom stereocenters. The maximum Gasteiger partial charge on any atom is 0.124 e. The van der Waals surface area contributed by atoms with Crippen LogP contribution in [0.5, 0.6) is 11.5 Å². The van der Waals surface area contributed by atoms with Crippen LogP contribution >= 0.6 is 0 Å². The largest absolute Gasteiger partial charge is 0.496 e. The molecule has 0 radical (unpaired) electrons. The third kappa shape index (κ3) is 2.31. The summed E-state index contributed by atoms with van der Waals surface area (Å²) in [6.45, 7) is 3.38. The molecule has 4 nitrogen and oxygen atoms in total. The SMILES string of the molecule is COc1cc(C2(N)CCOCC2)c(OC)cc1C. The molecule has 0 aliphatic carbocycles. The maximum atomic E-state index is 6.51. The molecule has 0 aromatic heterocycles. The normalized spacial score (nSPS) is 18.4. The summed E-state index contributed by atoms with van der Waals surface area (Å²) < 4.78 is 16.2. The Hall–Kier alpha value is -1.26. The molecule has 100 valence electrons. The summed E-state index contributed by atoms with van der Waals surface area (Å²) in [5, 5.41) is 0. The molecular weight excluding hydrogens is 230 g/mol. The van der Waals surface area contributed by atoms with E-state index in [-0.39, 0.29) is 5.54 Å². The Bertz CT molecular complexity index is 425. The van der Waals surface area contributed by atoms with Crippen molar-refractivity contribution in [1.82, 2.24) is 0 Å². The predicted molar refractivity (Wildman–Crippen MR) is 70.2 cm³/mol. The zero-order valence-corrected chi connectivity index (χ0v) is 11.3. The molecular formula is C14H21NO3. The third-order valence-electron chi connectivity index (χ3n) is 3.64. The van der Waals surface area contributed by atoms with Gasteiger partial charge in [-0.15, -0.1) is 0 Å². The van der Waals surface area contributed by atoms with Crippen molar-refractivity contribution in [2.45, 2.75) is 25.3 Å². The van der Waals surface area contributed by atoms with Gasteiger partial charge in [-0.3, -0.25) is 0 Å². The lowest BCUT2D eigenvalue weighted by Gasteiger charge is -2.35. The summed E-state index contributed by atoms with van der Waals surface area (Å²) >= 11 is 0. The van der Waals surface area contributed by atoms with E-state index in [1.54, 1.807) is 14.2 Å². The Labute approximate surface area is 108 Å². The van der Waals surface area contributed by atoms with E-state index in [2.05, 4.69) is 0 Å². The molecule has 0 bridgehead atoms. The van der Waals surface area contributed by atoms with Crippen LogP contribution in [0.3, 0.4) is 0 Å². The van der Waals surface area contributed by atoms with Crippen molar-refractivity contribution in [3.63, 3.8) is 0 Å². The van der Waals surface area contributed by atoms with Crippen LogP contribution in [0.4, 0.5) is 0 Å². The first-order valence-corrected chi connectivity index (χ1v) is 6.20. The molecule has 1 aromatic carbocycles. The number of hydrogen-bond donors (Lipinski definition) is 1. The molecule has 2 rings (SSSR count). The molecule has 4 heteroatoms. The Morgan fingerprint density at radius 3 is 2.28 bits per heavy atom. The number of benzene rings is 1. The van der Waals surface area contributed by atoms with Gasteiger partial charge in [0.15, 0.2) is 0 Å². The van der Waals surface area contributed by atoms with Crippen molar-refractivity contribution < 1.29 is 14.2 Å². The Morgan fingerprint density at radius 2 is 1.72 bits per heavy atom. The van der Waals surface area contributed by atoms with Crippen molar-refractivity contribution >= 4 is 0 Å². The zero-order valence-electron chi connectivity index (χ0n) is 11.3. The van der Waals surface area contributed by atoms with Crippen molar-refractivity contribution in [3.05, 3.63) is 23.3 Å². The summed E-state index contributed by atoms with van der Waals surface area (Å²) in [5.41, 5.74) is 8.19. The second-order valence-electron chi connectivity index (χ2n) is 4.79. The molecule has 0 amide bonds. The Morgan fingerprint density at radius 1 is 1.11 bits per heavy atom. The highest BCUT2D eigenvalue weighted by molar-refractivity contribution is 5.49. The molecule has 1 aromatic rings. The molecule has 1 aliphatic rings. The summed E-state index contributed by atoms with van der Waals surface area (Å²) in [6.07, 6.45) is 1.60. The quantitative estimate of drug-likeness (QED) is 0.892. The van der Waals surface area contributed by atoms with E-state index in [0.29, 0.717) is 13.2 Å². The highest BCUT2D eigenvalue weighted by atomic mass is 16.5. The van der Waals surface area contributed by atoms with Gasteiger partial charge in [-0.25, -0.2) is 0 Å². The first-order chi connectivity index (χ1) is 8.60. The van der Waals surface area contributed by atoms with Crippen LogP contribution in [0.1, 0.15) is 24.0 Å². The molecule has 1 saturated heterocycles. The number of nitrogens with two attached hydrogens (primary N) is 1. The lowest BCUT2D eigenvalue weighted by molar-refractivity contribution is 0.0513. The van der Waals surface area contributed by atoms with Crippen molar-refractivity contribution in [1.29, 1.82) is 0 Å². The monoisotopic (exact) mass is 251 g/mol. The first-order valence-electron chi connectivity index (χ1n) is 6.20. The van der Waals surface area contributed by atoms with Gasteiger partial charge in [0, 0.05) is 24.3 Å². The van der Waals surface area contributed by atoms with Gasteiger partial charge in [0.25, 0.3) is 0 Å². The smallest absolute Gasteiger partial charge is 0.124 e. The lowest BCUT2D eigenvalue weighted by Crippen LogP contribution is -2.42. The van der Waals surface area contributed by atoms with Gasteiger partial charge < -0.3 is 19.9 Å². The highest BCUT2D eigenvalue weighted by Gasteiger charge is 2.33. The average Bonchev–Trinajstić information content (AvgIpc) is 2.39. The van der Waals surface area contributed by atoms with Crippen LogP contribution in [0.25, 0.3) is 0 Å². The van der Waals surface area contributed by atoms with E-state index in [4.69, 9.17) is 19.9 Å². The van der Waals surface area contributed by atoms with E-state index in [9.17, 15) is 0 Å². The van der Waals surface area contributed by atoms with E-state index >= 15 is 0 Å². The van der Waals surface area contributed by atoms with Gasteiger partial charge in [0.1, 0.15) is 11.5 Å². The van der Waals surface area contributed by atoms with Gasteiger partial charge in [0.05, 0.1) is 14.2 Å². The van der Waals surface area contributed by atoms with Crippen molar-refractivity contribution in [2.75, 3.05) is 27.4 Å². The molecule has 0 saturated carbocycles. The van der Waals surface area contributed by atoms with Crippen molar-refractivity contribution in [3.8, 4) is 11.5 Å². The number of methoxy groups -OCH3 is 2. The van der Waals surface area contributed by atoms with Gasteiger partial charge in [-0.05, 0) is 37.5 Å². The van der Waals surface area contributed by atoms with Crippen LogP contribution in [-0.2, 0) is 10.3 Å². The number of rotatable bonds is 3. The van der Waals surface area contributed by atoms with Crippen LogP contribution < -0.4 is 15.2 Å². The minimum absolute atomic E-state index is 0.384. The van der Waals surface area contributed by atoms with Crippen LogP contribution in [-0.4, -0.2) is 27.4 Å². The molecule has 0 spiro atoms. The average molecular weight is 251 g/mol. The number of hydrogen-bond acceptors (Lipinski definition) is 4. The molecule has 1 heterocycles. The van der Waals surface area contributed by atoms with Gasteiger partial charge in [-0.2, -0.15) is 0 Å². The Balaban J connectivity index is 2.47. The fourth-order valence-electron chi connectivity index (χ4n) is 2.44. The number of aryl methyl sites for hydroxylation is 1. The van der Waals surface area contributed by atoms with E-state index in [0.717, 1.165) is 35.5 Å². The molecule has 2 N–H and O–H groups in total. The topological polar surface area (TPSA) is 53.7 Å². The Kier molecular flexibility index (Phi) is 3.78. The molecule has 18 heavy (non-hydrogen) atoms. The van der Waals surface area contributed by atoms with Gasteiger partial charge in [-0.1, -0.05) is 0 Å². The highest BCUT2D eigenvalue weighted by Crippen LogP contribution is 2.39. The zero-order chi connectivity index (χ0) is 13.2. The fraction of sp³-hybridized carbons (Fsp3) is 0.571. The molecule has 0 atom stereocenters. The summed E-state index contributed by atoms with van der Waals surface area (Å²) in [4.78, 5) is 0.